The molecule has 0 radical (unpaired) electrons. The number of carbonyl (C=O) groups is 1. The van der Waals surface area contributed by atoms with Gasteiger partial charge in [-0.3, -0.25) is 4.72 Å². The van der Waals surface area contributed by atoms with Gasteiger partial charge >= 0.3 is 12.1 Å². The molecule has 8 nitrogen and oxygen atoms in total. The molecule has 0 unspecified atom stereocenters. The Bertz CT molecular complexity index is 1310. The molecule has 0 spiro atoms. The van der Waals surface area contributed by atoms with Crippen molar-refractivity contribution in [1.82, 2.24) is 9.97 Å². The summed E-state index contributed by atoms with van der Waals surface area (Å²) in [4.78, 5) is 17.8. The van der Waals surface area contributed by atoms with E-state index in [-0.39, 0.29) is 5.02 Å². The number of carboxylic acid groups (broad SMARTS) is 1. The molecule has 14 heteroatoms. The van der Waals surface area contributed by atoms with Gasteiger partial charge in [0.15, 0.2) is 5.69 Å². The Balaban J connectivity index is 0.000000379. The van der Waals surface area contributed by atoms with Crippen molar-refractivity contribution in [1.29, 1.82) is 0 Å². The Hall–Kier alpha value is -3.09. The minimum atomic E-state index is -4.87. The number of anilines is 2. The van der Waals surface area contributed by atoms with Crippen LogP contribution >= 0.6 is 23.2 Å². The number of nitrogens with one attached hydrogen (secondary N) is 2. The lowest BCUT2D eigenvalue weighted by Crippen LogP contribution is -2.17. The maximum atomic E-state index is 12.9. The van der Waals surface area contributed by atoms with E-state index in [9.17, 15) is 26.4 Å². The normalized spacial score (nSPS) is 11.3. The predicted molar refractivity (Wildman–Crippen MR) is 122 cm³/mol. The van der Waals surface area contributed by atoms with Crippen LogP contribution in [-0.4, -0.2) is 36.5 Å². The van der Waals surface area contributed by atoms with Gasteiger partial charge in [0.2, 0.25) is 0 Å². The molecule has 0 atom stereocenters. The molecule has 0 saturated heterocycles. The third kappa shape index (κ3) is 7.20. The second-order valence-corrected chi connectivity index (χ2v) is 9.09. The molecule has 3 rings (SSSR count). The Labute approximate surface area is 202 Å². The number of sulfonamides is 1. The predicted octanol–water partition coefficient (Wildman–Crippen LogP) is 5.34. The van der Waals surface area contributed by atoms with Gasteiger partial charge in [-0.1, -0.05) is 23.2 Å². The number of aromatic carboxylic acids is 1. The zero-order chi connectivity index (χ0) is 25.7. The van der Waals surface area contributed by atoms with Crippen molar-refractivity contribution in [2.24, 2.45) is 0 Å². The molecular formula is C20H17Cl2F3N4O4S. The average Bonchev–Trinajstić information content (AvgIpc) is 2.73. The van der Waals surface area contributed by atoms with Gasteiger partial charge in [-0.05, 0) is 48.9 Å². The summed E-state index contributed by atoms with van der Waals surface area (Å²) in [6, 6.07) is 6.89. The number of alkyl halides is 3. The number of aromatic nitrogens is 2. The van der Waals surface area contributed by atoms with Gasteiger partial charge in [0.25, 0.3) is 10.0 Å². The van der Waals surface area contributed by atoms with Crippen molar-refractivity contribution >= 4 is 50.7 Å². The summed E-state index contributed by atoms with van der Waals surface area (Å²) in [6.07, 6.45) is -2.10. The van der Waals surface area contributed by atoms with Crippen LogP contribution in [0.3, 0.4) is 0 Å². The SMILES string of the molecule is CNc1cc(C)ccn1.O=C(O)c1ncc(Cl)cc1NS(=O)(=O)c1ccc(Cl)c(C(F)(F)F)c1. The number of rotatable bonds is 5. The molecule has 0 saturated carbocycles. The van der Waals surface area contributed by atoms with Crippen LogP contribution in [0.15, 0.2) is 53.7 Å². The third-order valence-corrected chi connectivity index (χ3v) is 5.93. The van der Waals surface area contributed by atoms with E-state index in [0.717, 1.165) is 30.2 Å². The minimum absolute atomic E-state index is 0.0743. The largest absolute Gasteiger partial charge is 0.476 e. The fraction of sp³-hybridized carbons (Fsp3) is 0.150. The number of hydrogen-bond acceptors (Lipinski definition) is 6. The molecule has 1 aromatic carbocycles. The van der Waals surface area contributed by atoms with Crippen LogP contribution in [0.25, 0.3) is 0 Å². The van der Waals surface area contributed by atoms with E-state index in [1.807, 2.05) is 30.8 Å². The lowest BCUT2D eigenvalue weighted by Gasteiger charge is -2.13. The lowest BCUT2D eigenvalue weighted by molar-refractivity contribution is -0.137. The monoisotopic (exact) mass is 536 g/mol. The second-order valence-electron chi connectivity index (χ2n) is 6.57. The van der Waals surface area contributed by atoms with Gasteiger partial charge in [0.1, 0.15) is 5.82 Å². The number of benzene rings is 1. The van der Waals surface area contributed by atoms with Crippen molar-refractivity contribution in [3.05, 3.63) is 75.7 Å². The topological polar surface area (TPSA) is 121 Å². The van der Waals surface area contributed by atoms with Crippen LogP contribution in [0.4, 0.5) is 24.7 Å². The highest BCUT2D eigenvalue weighted by molar-refractivity contribution is 7.92. The first kappa shape index (κ1) is 27.2. The Kier molecular flexibility index (Phi) is 8.70. The van der Waals surface area contributed by atoms with Crippen LogP contribution in [0.2, 0.25) is 10.0 Å². The highest BCUT2D eigenvalue weighted by atomic mass is 35.5. The summed E-state index contributed by atoms with van der Waals surface area (Å²) in [6.45, 7) is 2.04. The van der Waals surface area contributed by atoms with E-state index < -0.39 is 49.0 Å². The number of carboxylic acids is 1. The summed E-state index contributed by atoms with van der Waals surface area (Å²) in [5.41, 5.74) is -1.28. The van der Waals surface area contributed by atoms with Crippen LogP contribution in [0.5, 0.6) is 0 Å². The van der Waals surface area contributed by atoms with Gasteiger partial charge in [-0.25, -0.2) is 23.2 Å². The van der Waals surface area contributed by atoms with Crippen molar-refractivity contribution in [2.45, 2.75) is 18.0 Å². The molecule has 182 valence electrons. The quantitative estimate of drug-likeness (QED) is 0.402. The van der Waals surface area contributed by atoms with Crippen LogP contribution in [0, 0.1) is 6.92 Å². The molecular weight excluding hydrogens is 520 g/mol. The molecule has 2 heterocycles. The van der Waals surface area contributed by atoms with E-state index in [2.05, 4.69) is 15.3 Å². The van der Waals surface area contributed by atoms with E-state index in [0.29, 0.717) is 6.07 Å². The molecule has 0 aliphatic rings. The molecule has 34 heavy (non-hydrogen) atoms. The fourth-order valence-corrected chi connectivity index (χ4v) is 3.92. The maximum absolute atomic E-state index is 12.9. The maximum Gasteiger partial charge on any atom is 0.417 e. The summed E-state index contributed by atoms with van der Waals surface area (Å²) in [5, 5.41) is 11.2. The molecule has 3 aromatic rings. The van der Waals surface area contributed by atoms with Crippen molar-refractivity contribution in [2.75, 3.05) is 17.1 Å². The van der Waals surface area contributed by atoms with Gasteiger partial charge in [-0.2, -0.15) is 13.2 Å². The van der Waals surface area contributed by atoms with E-state index >= 15 is 0 Å². The molecule has 2 aromatic heterocycles. The molecule has 0 fully saturated rings. The molecule has 0 aliphatic carbocycles. The highest BCUT2D eigenvalue weighted by Gasteiger charge is 2.34. The smallest absolute Gasteiger partial charge is 0.417 e. The average molecular weight is 537 g/mol. The van der Waals surface area contributed by atoms with E-state index in [1.54, 1.807) is 6.20 Å². The molecule has 0 amide bonds. The molecule has 0 bridgehead atoms. The molecule has 0 aliphatic heterocycles. The van der Waals surface area contributed by atoms with E-state index in [4.69, 9.17) is 28.3 Å². The Morgan fingerprint density at radius 2 is 1.76 bits per heavy atom. The number of pyridine rings is 2. The zero-order valence-electron chi connectivity index (χ0n) is 17.5. The third-order valence-electron chi connectivity index (χ3n) is 4.03. The summed E-state index contributed by atoms with van der Waals surface area (Å²) < 4.78 is 65.0. The van der Waals surface area contributed by atoms with Gasteiger partial charge in [0, 0.05) is 19.4 Å². The number of hydrogen-bond donors (Lipinski definition) is 3. The highest BCUT2D eigenvalue weighted by Crippen LogP contribution is 2.36. The van der Waals surface area contributed by atoms with Gasteiger partial charge < -0.3 is 10.4 Å². The van der Waals surface area contributed by atoms with Crippen LogP contribution in [-0.2, 0) is 16.2 Å². The summed E-state index contributed by atoms with van der Waals surface area (Å²) >= 11 is 11.1. The first-order chi connectivity index (χ1) is 15.7. The van der Waals surface area contributed by atoms with E-state index in [1.165, 1.54) is 5.56 Å². The summed E-state index contributed by atoms with van der Waals surface area (Å²) in [5.74, 6) is -0.628. The van der Waals surface area contributed by atoms with Crippen molar-refractivity contribution < 1.29 is 31.5 Å². The number of aryl methyl sites for hydroxylation is 1. The fourth-order valence-electron chi connectivity index (χ4n) is 2.45. The molecule has 3 N–H and O–H groups in total. The van der Waals surface area contributed by atoms with Crippen LogP contribution < -0.4 is 10.0 Å². The number of nitrogens with zero attached hydrogens (tertiary/aromatic N) is 2. The Morgan fingerprint density at radius 1 is 1.09 bits per heavy atom. The van der Waals surface area contributed by atoms with Gasteiger partial charge in [-0.15, -0.1) is 0 Å². The van der Waals surface area contributed by atoms with Crippen molar-refractivity contribution in [3.8, 4) is 0 Å². The summed E-state index contributed by atoms with van der Waals surface area (Å²) in [7, 11) is -2.69. The first-order valence-electron chi connectivity index (χ1n) is 9.13. The second kappa shape index (κ2) is 10.9. The number of halogens is 5. The van der Waals surface area contributed by atoms with Crippen molar-refractivity contribution in [3.63, 3.8) is 0 Å². The minimum Gasteiger partial charge on any atom is -0.476 e. The standard InChI is InChI=1S/C13H7Cl2F3N2O4S.C7H10N2/c14-6-3-10(11(12(21)22)19-5-6)20-25(23,24)7-1-2-9(15)8(4-7)13(16,17)18;1-6-3-4-9-7(5-6)8-2/h1-5,20H,(H,21,22);3-5H,1-2H3,(H,8,9). The van der Waals surface area contributed by atoms with Gasteiger partial charge in [0.05, 0.1) is 26.2 Å². The van der Waals surface area contributed by atoms with Crippen LogP contribution in [0.1, 0.15) is 21.6 Å². The zero-order valence-corrected chi connectivity index (χ0v) is 19.8. The first-order valence-corrected chi connectivity index (χ1v) is 11.4. The lowest BCUT2D eigenvalue weighted by atomic mass is 10.2. The Morgan fingerprint density at radius 3 is 2.29 bits per heavy atom.